The van der Waals surface area contributed by atoms with Crippen molar-refractivity contribution in [3.8, 4) is 0 Å². The number of halogens is 1. The van der Waals surface area contributed by atoms with Gasteiger partial charge in [0.2, 0.25) is 0 Å². The Morgan fingerprint density at radius 2 is 1.33 bits per heavy atom. The summed E-state index contributed by atoms with van der Waals surface area (Å²) in [6.07, 6.45) is 0. The molecule has 3 nitrogen and oxygen atoms in total. The maximum absolute atomic E-state index is 13.4. The summed E-state index contributed by atoms with van der Waals surface area (Å²) in [5, 5.41) is -1.03. The Morgan fingerprint density at radius 3 is 1.89 bits per heavy atom. The standard InChI is InChI=1S/C22H19BrO3S/c1-16-12-14-19(15-13-16)27(25,26)22(18-10-6-3-7-11-18)20(23)21(24)17-8-4-2-5-9-17/h2-15,20,22H,1H3/t20-,22+/m1/s1. The van der Waals surface area contributed by atoms with Gasteiger partial charge in [0.05, 0.1) is 9.72 Å². The second kappa shape index (κ2) is 8.19. The van der Waals surface area contributed by atoms with Crippen LogP contribution in [0, 0.1) is 6.92 Å². The van der Waals surface area contributed by atoms with Gasteiger partial charge in [-0.2, -0.15) is 0 Å². The first-order chi connectivity index (χ1) is 12.9. The van der Waals surface area contributed by atoms with Crippen LogP contribution in [0.1, 0.15) is 26.7 Å². The second-order valence-electron chi connectivity index (χ2n) is 6.32. The molecule has 3 aromatic rings. The molecule has 3 aromatic carbocycles. The van der Waals surface area contributed by atoms with E-state index in [4.69, 9.17) is 0 Å². The van der Waals surface area contributed by atoms with Gasteiger partial charge in [0, 0.05) is 5.56 Å². The zero-order chi connectivity index (χ0) is 19.4. The molecule has 0 aliphatic carbocycles. The molecule has 27 heavy (non-hydrogen) atoms. The van der Waals surface area contributed by atoms with Gasteiger partial charge in [-0.15, -0.1) is 0 Å². The van der Waals surface area contributed by atoms with Crippen LogP contribution in [-0.4, -0.2) is 19.0 Å². The first kappa shape index (κ1) is 19.5. The molecular formula is C22H19BrO3S. The fourth-order valence-corrected chi connectivity index (χ4v) is 6.11. The highest BCUT2D eigenvalue weighted by atomic mass is 79.9. The summed E-state index contributed by atoms with van der Waals surface area (Å²) in [6.45, 7) is 1.90. The fraction of sp³-hybridized carbons (Fsp3) is 0.136. The van der Waals surface area contributed by atoms with Gasteiger partial charge in [0.25, 0.3) is 0 Å². The lowest BCUT2D eigenvalue weighted by atomic mass is 10.0. The number of hydrogen-bond donors (Lipinski definition) is 0. The summed E-state index contributed by atoms with van der Waals surface area (Å²) in [7, 11) is -3.79. The minimum atomic E-state index is -3.79. The van der Waals surface area contributed by atoms with Crippen molar-refractivity contribution < 1.29 is 13.2 Å². The summed E-state index contributed by atoms with van der Waals surface area (Å²) in [4.78, 5) is 12.3. The van der Waals surface area contributed by atoms with Gasteiger partial charge in [-0.05, 0) is 24.6 Å². The van der Waals surface area contributed by atoms with Crippen molar-refractivity contribution >= 4 is 31.6 Å². The van der Waals surface area contributed by atoms with Gasteiger partial charge in [-0.25, -0.2) is 8.42 Å². The number of rotatable bonds is 6. The van der Waals surface area contributed by atoms with E-state index in [-0.39, 0.29) is 10.7 Å². The van der Waals surface area contributed by atoms with Gasteiger partial charge in [-0.1, -0.05) is 94.3 Å². The number of ketones is 1. The third kappa shape index (κ3) is 4.20. The number of carbonyl (C=O) groups is 1. The summed E-state index contributed by atoms with van der Waals surface area (Å²) in [5.74, 6) is -0.264. The largest absolute Gasteiger partial charge is 0.293 e. The predicted molar refractivity (Wildman–Crippen MR) is 111 cm³/mol. The number of carbonyl (C=O) groups excluding carboxylic acids is 1. The van der Waals surface area contributed by atoms with E-state index in [0.29, 0.717) is 11.1 Å². The van der Waals surface area contributed by atoms with Gasteiger partial charge < -0.3 is 0 Å². The molecule has 0 saturated heterocycles. The van der Waals surface area contributed by atoms with E-state index < -0.39 is 19.9 Å². The van der Waals surface area contributed by atoms with E-state index in [1.165, 1.54) is 0 Å². The molecule has 0 unspecified atom stereocenters. The molecule has 0 aromatic heterocycles. The molecule has 0 N–H and O–H groups in total. The van der Waals surface area contributed by atoms with E-state index >= 15 is 0 Å². The Bertz CT molecular complexity index is 1010. The molecule has 0 aliphatic heterocycles. The van der Waals surface area contributed by atoms with Gasteiger partial charge in [-0.3, -0.25) is 4.79 Å². The zero-order valence-electron chi connectivity index (χ0n) is 14.7. The Balaban J connectivity index is 2.09. The van der Waals surface area contributed by atoms with Crippen molar-refractivity contribution in [2.75, 3.05) is 0 Å². The quantitative estimate of drug-likeness (QED) is 0.391. The molecule has 2 atom stereocenters. The third-order valence-corrected chi connectivity index (χ3v) is 7.82. The third-order valence-electron chi connectivity index (χ3n) is 4.39. The number of Topliss-reactive ketones (excluding diaryl/α,β-unsaturated/α-hetero) is 1. The molecule has 0 amide bonds. The Kier molecular flexibility index (Phi) is 5.92. The highest BCUT2D eigenvalue weighted by Gasteiger charge is 2.38. The van der Waals surface area contributed by atoms with E-state index in [1.807, 2.05) is 19.1 Å². The number of benzene rings is 3. The van der Waals surface area contributed by atoms with Crippen LogP contribution in [0.2, 0.25) is 0 Å². The van der Waals surface area contributed by atoms with Crippen molar-refractivity contribution in [1.82, 2.24) is 0 Å². The first-order valence-electron chi connectivity index (χ1n) is 8.50. The maximum atomic E-state index is 13.4. The van der Waals surface area contributed by atoms with Crippen LogP contribution in [0.3, 0.4) is 0 Å². The molecule has 138 valence electrons. The van der Waals surface area contributed by atoms with Gasteiger partial charge in [0.1, 0.15) is 5.25 Å². The van der Waals surface area contributed by atoms with Crippen molar-refractivity contribution in [3.05, 3.63) is 102 Å². The molecule has 0 saturated carbocycles. The molecule has 0 fully saturated rings. The number of aryl methyl sites for hydroxylation is 1. The molecule has 0 spiro atoms. The number of hydrogen-bond acceptors (Lipinski definition) is 3. The second-order valence-corrected chi connectivity index (χ2v) is 9.38. The molecule has 3 rings (SSSR count). The minimum absolute atomic E-state index is 0.201. The van der Waals surface area contributed by atoms with Crippen LogP contribution in [-0.2, 0) is 9.84 Å². The van der Waals surface area contributed by atoms with E-state index in [9.17, 15) is 13.2 Å². The van der Waals surface area contributed by atoms with Crippen molar-refractivity contribution in [2.45, 2.75) is 21.9 Å². The minimum Gasteiger partial charge on any atom is -0.293 e. The van der Waals surface area contributed by atoms with Crippen molar-refractivity contribution in [3.63, 3.8) is 0 Å². The lowest BCUT2D eigenvalue weighted by molar-refractivity contribution is 0.0989. The highest BCUT2D eigenvalue weighted by Crippen LogP contribution is 2.37. The fourth-order valence-electron chi connectivity index (χ4n) is 2.92. The molecule has 0 aliphatic rings. The number of alkyl halides is 1. The summed E-state index contributed by atoms with van der Waals surface area (Å²) >= 11 is 3.40. The Hall–Kier alpha value is -2.24. The SMILES string of the molecule is Cc1ccc(S(=O)(=O)[C@@H](c2ccccc2)[C@H](Br)C(=O)c2ccccc2)cc1. The topological polar surface area (TPSA) is 51.2 Å². The van der Waals surface area contributed by atoms with E-state index in [0.717, 1.165) is 5.56 Å². The smallest absolute Gasteiger partial charge is 0.186 e. The first-order valence-corrected chi connectivity index (χ1v) is 11.0. The molecule has 0 bridgehead atoms. The van der Waals surface area contributed by atoms with Crippen LogP contribution in [0.15, 0.2) is 89.8 Å². The predicted octanol–water partition coefficient (Wildman–Crippen LogP) is 5.16. The van der Waals surface area contributed by atoms with E-state index in [2.05, 4.69) is 15.9 Å². The van der Waals surface area contributed by atoms with Crippen molar-refractivity contribution in [1.29, 1.82) is 0 Å². The average molecular weight is 443 g/mol. The van der Waals surface area contributed by atoms with Gasteiger partial charge >= 0.3 is 0 Å². The van der Waals surface area contributed by atoms with Crippen LogP contribution in [0.25, 0.3) is 0 Å². The van der Waals surface area contributed by atoms with Crippen LogP contribution >= 0.6 is 15.9 Å². The van der Waals surface area contributed by atoms with Crippen LogP contribution in [0.5, 0.6) is 0 Å². The lowest BCUT2D eigenvalue weighted by Crippen LogP contribution is -2.29. The summed E-state index contributed by atoms with van der Waals surface area (Å²) < 4.78 is 26.9. The summed E-state index contributed by atoms with van der Waals surface area (Å²) in [5.41, 5.74) is 2.02. The maximum Gasteiger partial charge on any atom is 0.186 e. The van der Waals surface area contributed by atoms with Crippen LogP contribution in [0.4, 0.5) is 0 Å². The Morgan fingerprint density at radius 1 is 0.815 bits per heavy atom. The van der Waals surface area contributed by atoms with Crippen molar-refractivity contribution in [2.24, 2.45) is 0 Å². The van der Waals surface area contributed by atoms with Crippen LogP contribution < -0.4 is 0 Å². The van der Waals surface area contributed by atoms with Gasteiger partial charge in [0.15, 0.2) is 15.6 Å². The average Bonchev–Trinajstić information content (AvgIpc) is 2.69. The molecule has 0 heterocycles. The highest BCUT2D eigenvalue weighted by molar-refractivity contribution is 9.10. The molecular weight excluding hydrogens is 424 g/mol. The summed E-state index contributed by atoms with van der Waals surface area (Å²) in [6, 6.07) is 24.3. The lowest BCUT2D eigenvalue weighted by Gasteiger charge is -2.23. The van der Waals surface area contributed by atoms with E-state index in [1.54, 1.807) is 72.8 Å². The normalized spacial score (nSPS) is 13.7. The molecule has 0 radical (unpaired) electrons. The number of sulfone groups is 1. The monoisotopic (exact) mass is 442 g/mol. The Labute approximate surface area is 168 Å². The molecule has 5 heteroatoms. The zero-order valence-corrected chi connectivity index (χ0v) is 17.2.